The average molecular weight is 354 g/mol. The van der Waals surface area contributed by atoms with Gasteiger partial charge >= 0.3 is 5.97 Å². The molecule has 1 atom stereocenters. The zero-order valence-corrected chi connectivity index (χ0v) is 13.2. The van der Waals surface area contributed by atoms with Crippen LogP contribution >= 0.6 is 23.2 Å². The molecule has 1 saturated heterocycles. The molecule has 0 spiro atoms. The molecular formula is C12H13Cl2NO5S. The summed E-state index contributed by atoms with van der Waals surface area (Å²) in [7, 11) is -4.06. The minimum absolute atomic E-state index is 0.0000666. The lowest BCUT2D eigenvalue weighted by Crippen LogP contribution is -2.17. The fourth-order valence-electron chi connectivity index (χ4n) is 1.89. The summed E-state index contributed by atoms with van der Waals surface area (Å²) in [6, 6.07) is 2.17. The summed E-state index contributed by atoms with van der Waals surface area (Å²) >= 11 is 11.7. The molecule has 0 aromatic heterocycles. The van der Waals surface area contributed by atoms with Crippen molar-refractivity contribution in [2.75, 3.05) is 19.8 Å². The molecule has 1 aromatic rings. The molecule has 1 heterocycles. The third-order valence-corrected chi connectivity index (χ3v) is 4.71. The molecule has 0 radical (unpaired) electrons. The number of hydrogen-bond acceptors (Lipinski definition) is 5. The Morgan fingerprint density at radius 3 is 2.67 bits per heavy atom. The van der Waals surface area contributed by atoms with Gasteiger partial charge in [-0.25, -0.2) is 18.4 Å². The fraction of sp³-hybridized carbons (Fsp3) is 0.417. The van der Waals surface area contributed by atoms with Gasteiger partial charge in [-0.15, -0.1) is 0 Å². The third kappa shape index (κ3) is 4.08. The summed E-state index contributed by atoms with van der Waals surface area (Å²) in [6.45, 7) is 1.35. The Labute approximate surface area is 132 Å². The Bertz CT molecular complexity index is 656. The Kier molecular flexibility index (Phi) is 5.11. The summed E-state index contributed by atoms with van der Waals surface area (Å²) < 4.78 is 33.1. The van der Waals surface area contributed by atoms with E-state index in [1.54, 1.807) is 0 Å². The van der Waals surface area contributed by atoms with Crippen molar-refractivity contribution in [3.8, 4) is 0 Å². The second-order valence-corrected chi connectivity index (χ2v) is 6.98. The van der Waals surface area contributed by atoms with E-state index >= 15 is 0 Å². The van der Waals surface area contributed by atoms with Gasteiger partial charge in [0.15, 0.2) is 0 Å². The average Bonchev–Trinajstić information content (AvgIpc) is 2.87. The lowest BCUT2D eigenvalue weighted by atomic mass is 10.1. The first-order valence-electron chi connectivity index (χ1n) is 6.05. The van der Waals surface area contributed by atoms with Crippen molar-refractivity contribution in [1.29, 1.82) is 0 Å². The fourth-order valence-corrected chi connectivity index (χ4v) is 3.29. The first-order chi connectivity index (χ1) is 9.79. The van der Waals surface area contributed by atoms with E-state index in [2.05, 4.69) is 0 Å². The zero-order valence-electron chi connectivity index (χ0n) is 10.8. The zero-order chi connectivity index (χ0) is 15.6. The smallest absolute Gasteiger partial charge is 0.339 e. The molecular weight excluding hydrogens is 341 g/mol. The molecule has 21 heavy (non-hydrogen) atoms. The minimum Gasteiger partial charge on any atom is -0.462 e. The number of hydrogen-bond donors (Lipinski definition) is 1. The van der Waals surface area contributed by atoms with Gasteiger partial charge in [0.05, 0.1) is 28.8 Å². The molecule has 2 N–H and O–H groups in total. The van der Waals surface area contributed by atoms with Crippen LogP contribution in [-0.2, 0) is 19.5 Å². The molecule has 0 amide bonds. The van der Waals surface area contributed by atoms with Crippen molar-refractivity contribution >= 4 is 39.2 Å². The molecule has 6 nitrogen and oxygen atoms in total. The lowest BCUT2D eigenvalue weighted by molar-refractivity contribution is 0.0428. The number of rotatable bonds is 4. The predicted octanol–water partition coefficient (Wildman–Crippen LogP) is 1.83. The first-order valence-corrected chi connectivity index (χ1v) is 8.36. The number of ether oxygens (including phenoxy) is 2. The summed E-state index contributed by atoms with van der Waals surface area (Å²) in [5.74, 6) is -0.591. The van der Waals surface area contributed by atoms with Crippen molar-refractivity contribution in [2.45, 2.75) is 11.3 Å². The van der Waals surface area contributed by atoms with Crippen molar-refractivity contribution in [1.82, 2.24) is 0 Å². The monoisotopic (exact) mass is 353 g/mol. The van der Waals surface area contributed by atoms with Crippen LogP contribution in [0, 0.1) is 5.92 Å². The molecule has 1 fully saturated rings. The number of carbonyl (C=O) groups is 1. The standard InChI is InChI=1S/C12H13Cl2NO5S/c13-9-4-10(14)11(21(15,17)18)3-8(9)12(16)20-6-7-1-2-19-5-7/h3-4,7H,1-2,5-6H2,(H2,15,17,18). The number of benzene rings is 1. The number of primary sulfonamides is 1. The van der Waals surface area contributed by atoms with Crippen molar-refractivity contribution in [3.63, 3.8) is 0 Å². The number of halogens is 2. The normalized spacial score (nSPS) is 18.7. The lowest BCUT2D eigenvalue weighted by Gasteiger charge is -2.11. The molecule has 2 rings (SSSR count). The van der Waals surface area contributed by atoms with Crippen LogP contribution in [0.5, 0.6) is 0 Å². The van der Waals surface area contributed by atoms with E-state index in [4.69, 9.17) is 37.8 Å². The molecule has 0 saturated carbocycles. The molecule has 9 heteroatoms. The van der Waals surface area contributed by atoms with E-state index < -0.39 is 16.0 Å². The SMILES string of the molecule is NS(=O)(=O)c1cc(C(=O)OCC2CCOC2)c(Cl)cc1Cl. The van der Waals surface area contributed by atoms with Gasteiger partial charge in [0.25, 0.3) is 0 Å². The van der Waals surface area contributed by atoms with Gasteiger partial charge in [-0.2, -0.15) is 0 Å². The van der Waals surface area contributed by atoms with Crippen LogP contribution in [0.1, 0.15) is 16.8 Å². The number of nitrogens with two attached hydrogens (primary N) is 1. The maximum absolute atomic E-state index is 12.0. The Morgan fingerprint density at radius 2 is 2.10 bits per heavy atom. The van der Waals surface area contributed by atoms with Gasteiger partial charge in [0, 0.05) is 12.5 Å². The quantitative estimate of drug-likeness (QED) is 0.833. The summed E-state index contributed by atoms with van der Waals surface area (Å²) in [5.41, 5.74) is -0.0935. The van der Waals surface area contributed by atoms with Crippen LogP contribution in [0.2, 0.25) is 10.0 Å². The molecule has 0 bridgehead atoms. The van der Waals surface area contributed by atoms with Gasteiger partial charge in [0.1, 0.15) is 4.90 Å². The van der Waals surface area contributed by atoms with Crippen LogP contribution < -0.4 is 5.14 Å². The first kappa shape index (κ1) is 16.5. The van der Waals surface area contributed by atoms with Gasteiger partial charge in [-0.1, -0.05) is 23.2 Å². The van der Waals surface area contributed by atoms with E-state index in [0.717, 1.165) is 18.6 Å². The second kappa shape index (κ2) is 6.50. The van der Waals surface area contributed by atoms with Crippen molar-refractivity contribution in [2.24, 2.45) is 11.1 Å². The Balaban J connectivity index is 2.20. The molecule has 116 valence electrons. The highest BCUT2D eigenvalue weighted by Gasteiger charge is 2.22. The van der Waals surface area contributed by atoms with Crippen molar-refractivity contribution < 1.29 is 22.7 Å². The largest absolute Gasteiger partial charge is 0.462 e. The topological polar surface area (TPSA) is 95.7 Å². The predicted molar refractivity (Wildman–Crippen MR) is 77.0 cm³/mol. The highest BCUT2D eigenvalue weighted by atomic mass is 35.5. The third-order valence-electron chi connectivity index (χ3n) is 3.02. The van der Waals surface area contributed by atoms with Gasteiger partial charge in [-0.05, 0) is 18.6 Å². The van der Waals surface area contributed by atoms with E-state index in [1.165, 1.54) is 0 Å². The van der Waals surface area contributed by atoms with Gasteiger partial charge < -0.3 is 9.47 Å². The molecule has 1 aromatic carbocycles. The summed E-state index contributed by atoms with van der Waals surface area (Å²) in [6.07, 6.45) is 0.810. The van der Waals surface area contributed by atoms with Crippen LogP contribution in [0.3, 0.4) is 0 Å². The minimum atomic E-state index is -4.06. The number of sulfonamides is 1. The van der Waals surface area contributed by atoms with Gasteiger partial charge in [-0.3, -0.25) is 0 Å². The van der Waals surface area contributed by atoms with Crippen LogP contribution in [0.15, 0.2) is 17.0 Å². The molecule has 1 aliphatic heterocycles. The Hall–Kier alpha value is -0.860. The highest BCUT2D eigenvalue weighted by Crippen LogP contribution is 2.28. The number of carbonyl (C=O) groups excluding carboxylic acids is 1. The van der Waals surface area contributed by atoms with E-state index in [1.807, 2.05) is 0 Å². The van der Waals surface area contributed by atoms with E-state index in [-0.39, 0.29) is 33.0 Å². The maximum Gasteiger partial charge on any atom is 0.339 e. The summed E-state index contributed by atoms with van der Waals surface area (Å²) in [5, 5.41) is 4.88. The van der Waals surface area contributed by atoms with Crippen LogP contribution in [-0.4, -0.2) is 34.2 Å². The van der Waals surface area contributed by atoms with E-state index in [0.29, 0.717) is 13.2 Å². The number of esters is 1. The summed E-state index contributed by atoms with van der Waals surface area (Å²) in [4.78, 5) is 11.6. The van der Waals surface area contributed by atoms with E-state index in [9.17, 15) is 13.2 Å². The van der Waals surface area contributed by atoms with Crippen LogP contribution in [0.4, 0.5) is 0 Å². The van der Waals surface area contributed by atoms with Crippen molar-refractivity contribution in [3.05, 3.63) is 27.7 Å². The highest BCUT2D eigenvalue weighted by molar-refractivity contribution is 7.89. The molecule has 0 aliphatic carbocycles. The van der Waals surface area contributed by atoms with Crippen LogP contribution in [0.25, 0.3) is 0 Å². The second-order valence-electron chi connectivity index (χ2n) is 4.64. The Morgan fingerprint density at radius 1 is 1.38 bits per heavy atom. The molecule has 1 unspecified atom stereocenters. The van der Waals surface area contributed by atoms with Gasteiger partial charge in [0.2, 0.25) is 10.0 Å². The molecule has 1 aliphatic rings. The maximum atomic E-state index is 12.0.